The van der Waals surface area contributed by atoms with Gasteiger partial charge in [-0.25, -0.2) is 0 Å². The Morgan fingerprint density at radius 2 is 1.93 bits per heavy atom. The number of carbonyl (C=O) groups excluding carboxylic acids is 1. The Hall–Kier alpha value is -1.66. The average molecular weight is 423 g/mol. The number of allylic oxidation sites excluding steroid dienone is 3. The maximum Gasteiger partial charge on any atom is 0.308 e. The van der Waals surface area contributed by atoms with E-state index in [1.807, 2.05) is 13.8 Å². The molecule has 0 bridgehead atoms. The molecule has 0 saturated heterocycles. The molecule has 2 aliphatic carbocycles. The minimum absolute atomic E-state index is 0.0556. The van der Waals surface area contributed by atoms with E-state index < -0.39 is 18.2 Å². The molecule has 0 amide bonds. The average Bonchev–Trinajstić information content (AvgIpc) is 2.65. The number of ether oxygens (including phenoxy) is 1. The molecule has 2 aliphatic rings. The number of rotatable bonds is 10. The second-order valence-electron chi connectivity index (χ2n) is 9.29. The zero-order valence-corrected chi connectivity index (χ0v) is 18.7. The summed E-state index contributed by atoms with van der Waals surface area (Å²) in [5.41, 5.74) is 1.21. The van der Waals surface area contributed by atoms with Gasteiger partial charge >= 0.3 is 11.9 Å². The standard InChI is InChI=1S/C24H38O6/c1-5-15(3)24(29)30-21-11-14(2)10-17-7-6-16(4)20(23(17)21)9-8-18(25)12-19(26)13-22(27)28/h6-7,10,14-16,18-21,23,25-26H,5,8-9,11-13H2,1-4H3,(H,27,28)/t14-,15-,16-,18?,19+,20-,21-,23-/m0/s1. The third-order valence-electron chi connectivity index (χ3n) is 6.67. The summed E-state index contributed by atoms with van der Waals surface area (Å²) in [5, 5.41) is 28.9. The molecule has 0 aromatic heterocycles. The first kappa shape index (κ1) is 24.6. The summed E-state index contributed by atoms with van der Waals surface area (Å²) < 4.78 is 6.00. The van der Waals surface area contributed by atoms with E-state index in [0.717, 1.165) is 19.3 Å². The normalized spacial score (nSPS) is 31.3. The lowest BCUT2D eigenvalue weighted by Crippen LogP contribution is -2.41. The fourth-order valence-corrected chi connectivity index (χ4v) is 4.76. The van der Waals surface area contributed by atoms with Gasteiger partial charge in [-0.2, -0.15) is 0 Å². The van der Waals surface area contributed by atoms with E-state index in [1.54, 1.807) is 0 Å². The Kier molecular flexibility index (Phi) is 9.10. The number of aliphatic hydroxyl groups excluding tert-OH is 2. The largest absolute Gasteiger partial charge is 0.481 e. The van der Waals surface area contributed by atoms with E-state index in [1.165, 1.54) is 5.57 Å². The fraction of sp³-hybridized carbons (Fsp3) is 0.750. The van der Waals surface area contributed by atoms with Gasteiger partial charge in [0.25, 0.3) is 0 Å². The van der Waals surface area contributed by atoms with Crippen LogP contribution in [0.15, 0.2) is 23.8 Å². The van der Waals surface area contributed by atoms with Crippen molar-refractivity contribution in [3.63, 3.8) is 0 Å². The van der Waals surface area contributed by atoms with Crippen LogP contribution >= 0.6 is 0 Å². The van der Waals surface area contributed by atoms with Crippen molar-refractivity contribution in [3.8, 4) is 0 Å². The third kappa shape index (κ3) is 6.67. The van der Waals surface area contributed by atoms with Crippen molar-refractivity contribution in [1.29, 1.82) is 0 Å². The molecule has 0 aromatic carbocycles. The van der Waals surface area contributed by atoms with Crippen LogP contribution in [-0.4, -0.2) is 45.6 Å². The summed E-state index contributed by atoms with van der Waals surface area (Å²) in [5.74, 6) is -0.406. The van der Waals surface area contributed by atoms with Crippen molar-refractivity contribution in [2.75, 3.05) is 0 Å². The van der Waals surface area contributed by atoms with E-state index >= 15 is 0 Å². The minimum atomic E-state index is -1.07. The maximum absolute atomic E-state index is 12.5. The molecule has 0 aliphatic heterocycles. The second-order valence-corrected chi connectivity index (χ2v) is 9.29. The smallest absolute Gasteiger partial charge is 0.308 e. The van der Waals surface area contributed by atoms with Crippen molar-refractivity contribution < 1.29 is 29.6 Å². The molecule has 0 fully saturated rings. The molecule has 0 aromatic rings. The fourth-order valence-electron chi connectivity index (χ4n) is 4.76. The number of aliphatic hydroxyl groups is 2. The van der Waals surface area contributed by atoms with Crippen LogP contribution in [0.1, 0.15) is 66.2 Å². The Morgan fingerprint density at radius 1 is 1.23 bits per heavy atom. The van der Waals surface area contributed by atoms with E-state index in [2.05, 4.69) is 32.1 Å². The van der Waals surface area contributed by atoms with Crippen LogP contribution < -0.4 is 0 Å². The number of carbonyl (C=O) groups is 2. The minimum Gasteiger partial charge on any atom is -0.481 e. The molecule has 6 heteroatoms. The Labute approximate surface area is 180 Å². The predicted octanol–water partition coefficient (Wildman–Crippen LogP) is 3.72. The molecule has 1 unspecified atom stereocenters. The van der Waals surface area contributed by atoms with Crippen LogP contribution in [0, 0.1) is 29.6 Å². The molecular weight excluding hydrogens is 384 g/mol. The number of esters is 1. The highest BCUT2D eigenvalue weighted by Gasteiger charge is 2.41. The lowest BCUT2D eigenvalue weighted by Gasteiger charge is -2.43. The molecule has 170 valence electrons. The number of carboxylic acid groups (broad SMARTS) is 1. The first-order valence-corrected chi connectivity index (χ1v) is 11.3. The number of fused-ring (bicyclic) bond motifs is 1. The van der Waals surface area contributed by atoms with Crippen LogP contribution in [0.4, 0.5) is 0 Å². The van der Waals surface area contributed by atoms with Crippen LogP contribution in [0.25, 0.3) is 0 Å². The van der Waals surface area contributed by atoms with Crippen molar-refractivity contribution in [2.24, 2.45) is 29.6 Å². The summed E-state index contributed by atoms with van der Waals surface area (Å²) in [6.45, 7) is 8.16. The summed E-state index contributed by atoms with van der Waals surface area (Å²) in [7, 11) is 0. The monoisotopic (exact) mass is 422 g/mol. The van der Waals surface area contributed by atoms with Gasteiger partial charge < -0.3 is 20.1 Å². The van der Waals surface area contributed by atoms with Crippen LogP contribution in [0.2, 0.25) is 0 Å². The van der Waals surface area contributed by atoms with Gasteiger partial charge in [-0.3, -0.25) is 9.59 Å². The number of hydrogen-bond acceptors (Lipinski definition) is 5. The highest BCUT2D eigenvalue weighted by atomic mass is 16.5. The zero-order chi connectivity index (χ0) is 22.4. The molecule has 0 radical (unpaired) electrons. The molecular formula is C24H38O6. The quantitative estimate of drug-likeness (QED) is 0.464. The number of hydrogen-bond donors (Lipinski definition) is 3. The molecule has 8 atom stereocenters. The lowest BCUT2D eigenvalue weighted by molar-refractivity contribution is -0.158. The van der Waals surface area contributed by atoms with Gasteiger partial charge in [0, 0.05) is 5.92 Å². The van der Waals surface area contributed by atoms with E-state index in [-0.39, 0.29) is 48.6 Å². The lowest BCUT2D eigenvalue weighted by atomic mass is 9.65. The van der Waals surface area contributed by atoms with Gasteiger partial charge in [-0.05, 0) is 55.4 Å². The Bertz CT molecular complexity index is 654. The summed E-state index contributed by atoms with van der Waals surface area (Å²) >= 11 is 0. The van der Waals surface area contributed by atoms with Crippen molar-refractivity contribution in [1.82, 2.24) is 0 Å². The molecule has 2 rings (SSSR count). The molecule has 0 heterocycles. The van der Waals surface area contributed by atoms with Gasteiger partial charge in [0.2, 0.25) is 0 Å². The summed E-state index contributed by atoms with van der Waals surface area (Å²) in [4.78, 5) is 23.2. The summed E-state index contributed by atoms with van der Waals surface area (Å²) in [6.07, 6.45) is 7.07. The van der Waals surface area contributed by atoms with Crippen LogP contribution in [0.3, 0.4) is 0 Å². The highest BCUT2D eigenvalue weighted by Crippen LogP contribution is 2.45. The molecule has 6 nitrogen and oxygen atoms in total. The summed E-state index contributed by atoms with van der Waals surface area (Å²) in [6, 6.07) is 0. The number of aliphatic carboxylic acids is 1. The van der Waals surface area contributed by atoms with E-state index in [4.69, 9.17) is 9.84 Å². The second kappa shape index (κ2) is 11.1. The maximum atomic E-state index is 12.5. The number of carboxylic acids is 1. The first-order valence-electron chi connectivity index (χ1n) is 11.3. The topological polar surface area (TPSA) is 104 Å². The van der Waals surface area contributed by atoms with Crippen molar-refractivity contribution in [3.05, 3.63) is 23.8 Å². The molecule has 0 spiro atoms. The third-order valence-corrected chi connectivity index (χ3v) is 6.67. The predicted molar refractivity (Wildman–Crippen MR) is 115 cm³/mol. The Morgan fingerprint density at radius 3 is 2.57 bits per heavy atom. The highest BCUT2D eigenvalue weighted by molar-refractivity contribution is 5.72. The molecule has 30 heavy (non-hydrogen) atoms. The SMILES string of the molecule is CC[C@H](C)C(=O)O[C@H]1C[C@@H](C)C=C2C=C[C@H](C)[C@H](CCC(O)C[C@@H](O)CC(=O)O)[C@H]21. The zero-order valence-electron chi connectivity index (χ0n) is 18.7. The molecule has 3 N–H and O–H groups in total. The van der Waals surface area contributed by atoms with Crippen LogP contribution in [-0.2, 0) is 14.3 Å². The van der Waals surface area contributed by atoms with Gasteiger partial charge in [0.05, 0.1) is 24.5 Å². The van der Waals surface area contributed by atoms with Gasteiger partial charge in [-0.1, -0.05) is 45.9 Å². The van der Waals surface area contributed by atoms with E-state index in [0.29, 0.717) is 12.3 Å². The Balaban J connectivity index is 2.09. The van der Waals surface area contributed by atoms with Gasteiger partial charge in [-0.15, -0.1) is 0 Å². The van der Waals surface area contributed by atoms with E-state index in [9.17, 15) is 19.8 Å². The van der Waals surface area contributed by atoms with Crippen LogP contribution in [0.5, 0.6) is 0 Å². The van der Waals surface area contributed by atoms with Crippen molar-refractivity contribution in [2.45, 2.75) is 84.5 Å². The van der Waals surface area contributed by atoms with Crippen molar-refractivity contribution >= 4 is 11.9 Å². The van der Waals surface area contributed by atoms with Gasteiger partial charge in [0.1, 0.15) is 6.10 Å². The molecule has 0 saturated carbocycles. The first-order chi connectivity index (χ1) is 14.1. The van der Waals surface area contributed by atoms with Gasteiger partial charge in [0.15, 0.2) is 0 Å².